The van der Waals surface area contributed by atoms with Gasteiger partial charge in [0.1, 0.15) is 5.82 Å². The standard InChI is InChI=1S/C27H30IN5O/c28-20-3-4-21(22(17-20)33-14-9-27(7-8-27)10-15-33)26(34)32-23-16-19-2-1-11-30-24(19)25(31-23)18-5-12-29-13-6-18/h1-4,11,16-18,29H,5-10,12-15H2,(H,31,32,34). The van der Waals surface area contributed by atoms with Gasteiger partial charge in [-0.25, -0.2) is 4.98 Å². The summed E-state index contributed by atoms with van der Waals surface area (Å²) in [6.07, 6.45) is 9.12. The van der Waals surface area contributed by atoms with Crippen LogP contribution in [0.25, 0.3) is 10.9 Å². The molecule has 1 saturated carbocycles. The number of amides is 1. The van der Waals surface area contributed by atoms with Crippen molar-refractivity contribution < 1.29 is 4.79 Å². The maximum Gasteiger partial charge on any atom is 0.258 e. The number of nitrogens with zero attached hydrogens (tertiary/aromatic N) is 3. The Morgan fingerprint density at radius 2 is 1.88 bits per heavy atom. The fourth-order valence-corrected chi connectivity index (χ4v) is 6.07. The van der Waals surface area contributed by atoms with Crippen LogP contribution in [0.3, 0.4) is 0 Å². The Bertz CT molecular complexity index is 1220. The first-order valence-electron chi connectivity index (χ1n) is 12.4. The molecule has 34 heavy (non-hydrogen) atoms. The lowest BCUT2D eigenvalue weighted by molar-refractivity contribution is 0.102. The molecular weight excluding hydrogens is 537 g/mol. The molecule has 176 valence electrons. The van der Waals surface area contributed by atoms with Crippen LogP contribution >= 0.6 is 22.6 Å². The maximum absolute atomic E-state index is 13.5. The van der Waals surface area contributed by atoms with Gasteiger partial charge in [-0.15, -0.1) is 0 Å². The number of carbonyl (C=O) groups is 1. The van der Waals surface area contributed by atoms with Crippen LogP contribution in [0.15, 0.2) is 42.6 Å². The Morgan fingerprint density at radius 1 is 1.09 bits per heavy atom. The van der Waals surface area contributed by atoms with Crippen molar-refractivity contribution in [2.75, 3.05) is 36.4 Å². The number of piperidine rings is 2. The predicted octanol–water partition coefficient (Wildman–Crippen LogP) is 5.33. The normalized spacial score (nSPS) is 20.0. The molecule has 1 aliphatic carbocycles. The van der Waals surface area contributed by atoms with E-state index in [-0.39, 0.29) is 5.91 Å². The highest BCUT2D eigenvalue weighted by atomic mass is 127. The SMILES string of the molecule is O=C(Nc1cc2cccnc2c(C2CCNCC2)n1)c1ccc(I)cc1N1CCC2(CC1)CC2. The van der Waals surface area contributed by atoms with Crippen LogP contribution in [0.4, 0.5) is 11.5 Å². The van der Waals surface area contributed by atoms with Crippen LogP contribution in [0, 0.1) is 8.99 Å². The van der Waals surface area contributed by atoms with Crippen LogP contribution in [0.1, 0.15) is 60.5 Å². The molecule has 1 aromatic carbocycles. The van der Waals surface area contributed by atoms with Gasteiger partial charge in [0.25, 0.3) is 5.91 Å². The number of carbonyl (C=O) groups excluding carboxylic acids is 1. The van der Waals surface area contributed by atoms with Crippen LogP contribution in [0.5, 0.6) is 0 Å². The second-order valence-corrected chi connectivity index (χ2v) is 11.3. The zero-order chi connectivity index (χ0) is 23.1. The number of nitrogens with one attached hydrogen (secondary N) is 2. The van der Waals surface area contributed by atoms with Crippen LogP contribution < -0.4 is 15.5 Å². The van der Waals surface area contributed by atoms with E-state index in [4.69, 9.17) is 4.98 Å². The van der Waals surface area contributed by atoms with Crippen molar-refractivity contribution in [3.05, 3.63) is 57.4 Å². The first kappa shape index (κ1) is 22.2. The molecule has 4 heterocycles. The van der Waals surface area contributed by atoms with Crippen molar-refractivity contribution in [3.63, 3.8) is 0 Å². The highest BCUT2D eigenvalue weighted by Crippen LogP contribution is 2.54. The molecule has 0 unspecified atom stereocenters. The molecular formula is C27H30IN5O. The highest BCUT2D eigenvalue weighted by molar-refractivity contribution is 14.1. The molecule has 3 aliphatic rings. The van der Waals surface area contributed by atoms with Crippen LogP contribution in [0.2, 0.25) is 0 Å². The minimum Gasteiger partial charge on any atom is -0.371 e. The maximum atomic E-state index is 13.5. The van der Waals surface area contributed by atoms with Crippen molar-refractivity contribution in [3.8, 4) is 0 Å². The van der Waals surface area contributed by atoms with E-state index >= 15 is 0 Å². The molecule has 3 fully saturated rings. The molecule has 1 spiro atoms. The third kappa shape index (κ3) is 4.40. The van der Waals surface area contributed by atoms with Gasteiger partial charge in [0.2, 0.25) is 0 Å². The summed E-state index contributed by atoms with van der Waals surface area (Å²) in [6.45, 7) is 4.03. The third-order valence-electron chi connectivity index (χ3n) is 7.91. The fraction of sp³-hybridized carbons (Fsp3) is 0.444. The molecule has 2 N–H and O–H groups in total. The molecule has 0 bridgehead atoms. The number of anilines is 2. The van der Waals surface area contributed by atoms with Gasteiger partial charge in [-0.1, -0.05) is 6.07 Å². The number of hydrogen-bond acceptors (Lipinski definition) is 5. The van der Waals surface area contributed by atoms with Gasteiger partial charge in [-0.3, -0.25) is 9.78 Å². The molecule has 3 aromatic rings. The van der Waals surface area contributed by atoms with E-state index in [2.05, 4.69) is 55.2 Å². The van der Waals surface area contributed by atoms with E-state index < -0.39 is 0 Å². The first-order valence-corrected chi connectivity index (χ1v) is 13.5. The van der Waals surface area contributed by atoms with Crippen molar-refractivity contribution in [2.45, 2.75) is 44.4 Å². The minimum absolute atomic E-state index is 0.0925. The molecule has 0 radical (unpaired) electrons. The molecule has 2 saturated heterocycles. The second kappa shape index (κ2) is 9.07. The number of benzene rings is 1. The lowest BCUT2D eigenvalue weighted by Crippen LogP contribution is -2.35. The number of fused-ring (bicyclic) bond motifs is 1. The summed E-state index contributed by atoms with van der Waals surface area (Å²) in [4.78, 5) is 25.5. The van der Waals surface area contributed by atoms with E-state index in [1.807, 2.05) is 30.5 Å². The van der Waals surface area contributed by atoms with Gasteiger partial charge < -0.3 is 15.5 Å². The number of halogens is 1. The van der Waals surface area contributed by atoms with Crippen molar-refractivity contribution in [1.29, 1.82) is 0 Å². The zero-order valence-electron chi connectivity index (χ0n) is 19.3. The number of aromatic nitrogens is 2. The zero-order valence-corrected chi connectivity index (χ0v) is 21.5. The monoisotopic (exact) mass is 567 g/mol. The predicted molar refractivity (Wildman–Crippen MR) is 145 cm³/mol. The molecule has 7 heteroatoms. The minimum atomic E-state index is -0.0925. The topological polar surface area (TPSA) is 70.1 Å². The summed E-state index contributed by atoms with van der Waals surface area (Å²) >= 11 is 2.34. The Balaban J connectivity index is 1.30. The molecule has 0 atom stereocenters. The average molecular weight is 567 g/mol. The summed E-state index contributed by atoms with van der Waals surface area (Å²) in [6, 6.07) is 12.1. The Hall–Kier alpha value is -2.26. The molecule has 6 rings (SSSR count). The number of rotatable bonds is 4. The van der Waals surface area contributed by atoms with Crippen molar-refractivity contribution in [1.82, 2.24) is 15.3 Å². The number of pyridine rings is 2. The second-order valence-electron chi connectivity index (χ2n) is 10.1. The molecule has 2 aliphatic heterocycles. The van der Waals surface area contributed by atoms with Gasteiger partial charge in [0.15, 0.2) is 0 Å². The van der Waals surface area contributed by atoms with E-state index in [0.717, 1.165) is 70.4 Å². The third-order valence-corrected chi connectivity index (χ3v) is 8.58. The van der Waals surface area contributed by atoms with Crippen molar-refractivity contribution >= 4 is 50.9 Å². The summed E-state index contributed by atoms with van der Waals surface area (Å²) in [5.74, 6) is 0.872. The summed E-state index contributed by atoms with van der Waals surface area (Å²) in [7, 11) is 0. The fourth-order valence-electron chi connectivity index (χ4n) is 5.60. The highest BCUT2D eigenvalue weighted by Gasteiger charge is 2.44. The summed E-state index contributed by atoms with van der Waals surface area (Å²) in [5.41, 5.74) is 4.33. The van der Waals surface area contributed by atoms with Gasteiger partial charge in [-0.05, 0) is 110 Å². The smallest absolute Gasteiger partial charge is 0.258 e. The largest absolute Gasteiger partial charge is 0.371 e. The van der Waals surface area contributed by atoms with Gasteiger partial charge in [0, 0.05) is 34.2 Å². The Morgan fingerprint density at radius 3 is 2.65 bits per heavy atom. The summed E-state index contributed by atoms with van der Waals surface area (Å²) < 4.78 is 1.15. The lowest BCUT2D eigenvalue weighted by atomic mass is 9.92. The average Bonchev–Trinajstić information content (AvgIpc) is 3.63. The van der Waals surface area contributed by atoms with Crippen LogP contribution in [-0.4, -0.2) is 42.1 Å². The number of hydrogen-bond donors (Lipinski definition) is 2. The molecule has 2 aromatic heterocycles. The van der Waals surface area contributed by atoms with Gasteiger partial charge in [-0.2, -0.15) is 0 Å². The van der Waals surface area contributed by atoms with Crippen LogP contribution in [-0.2, 0) is 0 Å². The van der Waals surface area contributed by atoms with Gasteiger partial charge in [0.05, 0.1) is 22.5 Å². The molecule has 1 amide bonds. The van der Waals surface area contributed by atoms with Crippen molar-refractivity contribution in [2.24, 2.45) is 5.41 Å². The van der Waals surface area contributed by atoms with E-state index in [1.165, 1.54) is 25.7 Å². The molecule has 6 nitrogen and oxygen atoms in total. The van der Waals surface area contributed by atoms with E-state index in [0.29, 0.717) is 17.2 Å². The summed E-state index contributed by atoms with van der Waals surface area (Å²) in [5, 5.41) is 7.59. The first-order chi connectivity index (χ1) is 16.6. The quantitative estimate of drug-likeness (QED) is 0.417. The lowest BCUT2D eigenvalue weighted by Gasteiger charge is -2.35. The Kier molecular flexibility index (Phi) is 5.93. The van der Waals surface area contributed by atoms with E-state index in [9.17, 15) is 4.79 Å². The van der Waals surface area contributed by atoms with Gasteiger partial charge >= 0.3 is 0 Å². The Labute approximate surface area is 214 Å². The van der Waals surface area contributed by atoms with E-state index in [1.54, 1.807) is 0 Å².